The van der Waals surface area contributed by atoms with E-state index in [1.165, 1.54) is 18.3 Å². The molecule has 0 amide bonds. The lowest BCUT2D eigenvalue weighted by atomic mass is 10.1. The maximum atomic E-state index is 12.5. The molecule has 1 aromatic rings. The van der Waals surface area contributed by atoms with Crippen molar-refractivity contribution < 1.29 is 23.1 Å². The van der Waals surface area contributed by atoms with E-state index in [0.717, 1.165) is 6.42 Å². The van der Waals surface area contributed by atoms with Gasteiger partial charge in [0.25, 0.3) is 10.0 Å². The molecule has 1 aliphatic heterocycles. The molecule has 0 saturated carbocycles. The minimum absolute atomic E-state index is 0.174. The van der Waals surface area contributed by atoms with Crippen molar-refractivity contribution in [1.29, 1.82) is 0 Å². The third-order valence-electron chi connectivity index (χ3n) is 3.39. The summed E-state index contributed by atoms with van der Waals surface area (Å²) in [6.45, 7) is 2.03. The van der Waals surface area contributed by atoms with Gasteiger partial charge in [-0.1, -0.05) is 0 Å². The first-order chi connectivity index (χ1) is 9.37. The second kappa shape index (κ2) is 5.51. The van der Waals surface area contributed by atoms with Crippen molar-refractivity contribution in [3.8, 4) is 0 Å². The van der Waals surface area contributed by atoms with E-state index in [2.05, 4.69) is 10.2 Å². The van der Waals surface area contributed by atoms with E-state index in [1.807, 2.05) is 0 Å². The lowest BCUT2D eigenvalue weighted by molar-refractivity contribution is 0.0570. The lowest BCUT2D eigenvalue weighted by Gasteiger charge is -2.30. The van der Waals surface area contributed by atoms with Crippen molar-refractivity contribution in [2.24, 2.45) is 0 Å². The Balaban J connectivity index is 2.38. The van der Waals surface area contributed by atoms with Gasteiger partial charge in [-0.3, -0.25) is 5.10 Å². The fraction of sp³-hybridized carbons (Fsp3) is 0.636. The monoisotopic (exact) mass is 303 g/mol. The number of ether oxygens (including phenoxy) is 1. The number of aromatic carboxylic acids is 1. The van der Waals surface area contributed by atoms with Gasteiger partial charge in [-0.2, -0.15) is 9.40 Å². The largest absolute Gasteiger partial charge is 0.478 e. The molecule has 1 atom stereocenters. The van der Waals surface area contributed by atoms with Crippen LogP contribution in [-0.2, 0) is 14.8 Å². The second-order valence-corrected chi connectivity index (χ2v) is 6.55. The number of methoxy groups -OCH3 is 1. The average molecular weight is 303 g/mol. The highest BCUT2D eigenvalue weighted by molar-refractivity contribution is 7.89. The average Bonchev–Trinajstić information content (AvgIpc) is 2.81. The SMILES string of the molecule is COC1CCCN(S(=O)(=O)c2n[nH]c(C)c2C(=O)O)C1. The second-order valence-electron chi connectivity index (χ2n) is 4.70. The number of carboxylic acid groups (broad SMARTS) is 1. The molecular weight excluding hydrogens is 286 g/mol. The topological polar surface area (TPSA) is 113 Å². The van der Waals surface area contributed by atoms with Crippen LogP contribution in [0, 0.1) is 6.92 Å². The predicted octanol–water partition coefficient (Wildman–Crippen LogP) is 0.216. The first-order valence-corrected chi connectivity index (χ1v) is 7.63. The Hall–Kier alpha value is -1.45. The van der Waals surface area contributed by atoms with Gasteiger partial charge in [0.2, 0.25) is 5.03 Å². The van der Waals surface area contributed by atoms with Gasteiger partial charge in [0.1, 0.15) is 5.56 Å². The number of hydrogen-bond acceptors (Lipinski definition) is 5. The van der Waals surface area contributed by atoms with E-state index in [0.29, 0.717) is 13.0 Å². The van der Waals surface area contributed by atoms with Crippen LogP contribution in [0.5, 0.6) is 0 Å². The Bertz CT molecular complexity index is 610. The molecule has 0 radical (unpaired) electrons. The highest BCUT2D eigenvalue weighted by atomic mass is 32.2. The van der Waals surface area contributed by atoms with Gasteiger partial charge < -0.3 is 9.84 Å². The molecule has 1 fully saturated rings. The van der Waals surface area contributed by atoms with Gasteiger partial charge in [-0.05, 0) is 19.8 Å². The Morgan fingerprint density at radius 1 is 1.55 bits per heavy atom. The number of nitrogens with zero attached hydrogens (tertiary/aromatic N) is 2. The van der Waals surface area contributed by atoms with Crippen LogP contribution in [0.3, 0.4) is 0 Å². The molecule has 1 aliphatic rings. The number of sulfonamides is 1. The van der Waals surface area contributed by atoms with Crippen molar-refractivity contribution in [2.45, 2.75) is 30.9 Å². The number of H-pyrrole nitrogens is 1. The number of aryl methyl sites for hydroxylation is 1. The summed E-state index contributed by atoms with van der Waals surface area (Å²) < 4.78 is 31.4. The molecule has 0 spiro atoms. The Morgan fingerprint density at radius 3 is 2.85 bits per heavy atom. The normalized spacial score (nSPS) is 21.0. The van der Waals surface area contributed by atoms with Gasteiger partial charge in [0.15, 0.2) is 0 Å². The summed E-state index contributed by atoms with van der Waals surface area (Å²) in [7, 11) is -2.40. The van der Waals surface area contributed by atoms with Crippen molar-refractivity contribution >= 4 is 16.0 Å². The molecule has 1 unspecified atom stereocenters. The molecule has 0 bridgehead atoms. The number of piperidine rings is 1. The quantitative estimate of drug-likeness (QED) is 0.822. The molecule has 20 heavy (non-hydrogen) atoms. The smallest absolute Gasteiger partial charge is 0.340 e. The van der Waals surface area contributed by atoms with E-state index in [-0.39, 0.29) is 23.9 Å². The number of aromatic amines is 1. The van der Waals surface area contributed by atoms with E-state index in [1.54, 1.807) is 0 Å². The van der Waals surface area contributed by atoms with Gasteiger partial charge in [0, 0.05) is 25.9 Å². The first-order valence-electron chi connectivity index (χ1n) is 6.19. The summed E-state index contributed by atoms with van der Waals surface area (Å²) in [6, 6.07) is 0. The van der Waals surface area contributed by atoms with E-state index < -0.39 is 21.0 Å². The molecule has 2 rings (SSSR count). The summed E-state index contributed by atoms with van der Waals surface area (Å²) in [5.41, 5.74) is -0.0825. The van der Waals surface area contributed by atoms with Gasteiger partial charge in [-0.25, -0.2) is 13.2 Å². The Kier molecular flexibility index (Phi) is 4.11. The van der Waals surface area contributed by atoms with Crippen LogP contribution in [0.1, 0.15) is 28.9 Å². The number of aromatic nitrogens is 2. The predicted molar refractivity (Wildman–Crippen MR) is 69.1 cm³/mol. The zero-order chi connectivity index (χ0) is 14.9. The fourth-order valence-corrected chi connectivity index (χ4v) is 3.92. The Morgan fingerprint density at radius 2 is 2.25 bits per heavy atom. The van der Waals surface area contributed by atoms with E-state index >= 15 is 0 Å². The summed E-state index contributed by atoms with van der Waals surface area (Å²) >= 11 is 0. The minimum atomic E-state index is -3.93. The Labute approximate surface area is 116 Å². The number of rotatable bonds is 4. The molecule has 9 heteroatoms. The molecular formula is C11H17N3O5S. The highest BCUT2D eigenvalue weighted by Crippen LogP contribution is 2.24. The van der Waals surface area contributed by atoms with Crippen LogP contribution < -0.4 is 0 Å². The molecule has 1 aromatic heterocycles. The third-order valence-corrected chi connectivity index (χ3v) is 5.18. The van der Waals surface area contributed by atoms with Crippen LogP contribution in [-0.4, -0.2) is 60.3 Å². The maximum absolute atomic E-state index is 12.5. The summed E-state index contributed by atoms with van der Waals surface area (Å²) in [5, 5.41) is 14.8. The first kappa shape index (κ1) is 14.9. The molecule has 8 nitrogen and oxygen atoms in total. The molecule has 0 aromatic carbocycles. The van der Waals surface area contributed by atoms with E-state index in [4.69, 9.17) is 9.84 Å². The third kappa shape index (κ3) is 2.56. The number of nitrogens with one attached hydrogen (secondary N) is 1. The van der Waals surface area contributed by atoms with Crippen molar-refractivity contribution in [2.75, 3.05) is 20.2 Å². The van der Waals surface area contributed by atoms with Crippen LogP contribution in [0.4, 0.5) is 0 Å². The summed E-state index contributed by atoms with van der Waals surface area (Å²) in [5.74, 6) is -1.31. The van der Waals surface area contributed by atoms with Gasteiger partial charge in [-0.15, -0.1) is 0 Å². The lowest BCUT2D eigenvalue weighted by Crippen LogP contribution is -2.43. The highest BCUT2D eigenvalue weighted by Gasteiger charge is 2.36. The number of carboxylic acids is 1. The van der Waals surface area contributed by atoms with Crippen LogP contribution >= 0.6 is 0 Å². The summed E-state index contributed by atoms with van der Waals surface area (Å²) in [6.07, 6.45) is 1.28. The van der Waals surface area contributed by atoms with Crippen LogP contribution in [0.2, 0.25) is 0 Å². The molecule has 2 heterocycles. The van der Waals surface area contributed by atoms with Crippen molar-refractivity contribution in [1.82, 2.24) is 14.5 Å². The minimum Gasteiger partial charge on any atom is -0.478 e. The number of carbonyl (C=O) groups is 1. The summed E-state index contributed by atoms with van der Waals surface area (Å²) in [4.78, 5) is 11.2. The van der Waals surface area contributed by atoms with Crippen molar-refractivity contribution in [3.05, 3.63) is 11.3 Å². The number of hydrogen-bond donors (Lipinski definition) is 2. The van der Waals surface area contributed by atoms with Crippen molar-refractivity contribution in [3.63, 3.8) is 0 Å². The molecule has 1 saturated heterocycles. The van der Waals surface area contributed by atoms with E-state index in [9.17, 15) is 13.2 Å². The zero-order valence-electron chi connectivity index (χ0n) is 11.3. The van der Waals surface area contributed by atoms with Crippen LogP contribution in [0.25, 0.3) is 0 Å². The maximum Gasteiger partial charge on any atom is 0.340 e. The molecule has 0 aliphatic carbocycles. The van der Waals surface area contributed by atoms with Gasteiger partial charge >= 0.3 is 5.97 Å². The van der Waals surface area contributed by atoms with Gasteiger partial charge in [0.05, 0.1) is 6.10 Å². The zero-order valence-corrected chi connectivity index (χ0v) is 12.1. The molecule has 112 valence electrons. The molecule has 2 N–H and O–H groups in total. The van der Waals surface area contributed by atoms with Crippen LogP contribution in [0.15, 0.2) is 5.03 Å². The fourth-order valence-electron chi connectivity index (χ4n) is 2.28. The standard InChI is InChI=1S/C11H17N3O5S/c1-7-9(11(15)16)10(13-12-7)20(17,18)14-5-3-4-8(6-14)19-2/h8H,3-6H2,1-2H3,(H,12,13)(H,15,16).